The van der Waals surface area contributed by atoms with Gasteiger partial charge in [-0.3, -0.25) is 9.59 Å². The Morgan fingerprint density at radius 1 is 1.20 bits per heavy atom. The van der Waals surface area contributed by atoms with Gasteiger partial charge in [0.2, 0.25) is 5.91 Å². The molecule has 128 valence electrons. The molecule has 0 aliphatic heterocycles. The van der Waals surface area contributed by atoms with Crippen molar-refractivity contribution in [2.75, 3.05) is 11.1 Å². The van der Waals surface area contributed by atoms with E-state index in [0.717, 1.165) is 16.5 Å². The molecule has 25 heavy (non-hydrogen) atoms. The lowest BCUT2D eigenvalue weighted by atomic mass is 10.1. The summed E-state index contributed by atoms with van der Waals surface area (Å²) in [7, 11) is 0. The smallest absolute Gasteiger partial charge is 0.254 e. The van der Waals surface area contributed by atoms with Gasteiger partial charge in [0.1, 0.15) is 0 Å². The highest BCUT2D eigenvalue weighted by Gasteiger charge is 2.10. The number of benzene rings is 2. The number of rotatable bonds is 5. The van der Waals surface area contributed by atoms with Crippen LogP contribution in [0, 0.1) is 6.92 Å². The van der Waals surface area contributed by atoms with Gasteiger partial charge in [0, 0.05) is 22.3 Å². The Hall–Kier alpha value is -2.60. The second-order valence-corrected chi connectivity index (χ2v) is 6.62. The number of carbonyl (C=O) groups excluding carboxylic acids is 1. The zero-order valence-corrected chi connectivity index (χ0v) is 14.9. The van der Waals surface area contributed by atoms with Crippen LogP contribution < -0.4 is 10.9 Å². The molecular weight excluding hydrogens is 334 g/mol. The fraction of sp³-hybridized carbons (Fsp3) is 0.211. The molecule has 5 nitrogen and oxygen atoms in total. The molecule has 0 aliphatic rings. The molecular formula is C19H19N3O2S. The highest BCUT2D eigenvalue weighted by Crippen LogP contribution is 2.23. The van der Waals surface area contributed by atoms with E-state index in [1.165, 1.54) is 11.8 Å². The van der Waals surface area contributed by atoms with E-state index >= 15 is 0 Å². The van der Waals surface area contributed by atoms with Crippen molar-refractivity contribution in [1.82, 2.24) is 9.97 Å². The largest absolute Gasteiger partial charge is 0.325 e. The summed E-state index contributed by atoms with van der Waals surface area (Å²) in [5, 5.41) is 5.46. The minimum Gasteiger partial charge on any atom is -0.325 e. The maximum atomic E-state index is 12.3. The molecule has 6 heteroatoms. The average molecular weight is 353 g/mol. The lowest BCUT2D eigenvalue weighted by Crippen LogP contribution is -2.18. The number of fused-ring (bicyclic) bond motifs is 1. The monoisotopic (exact) mass is 353 g/mol. The molecule has 0 spiro atoms. The van der Waals surface area contributed by atoms with Gasteiger partial charge < -0.3 is 10.3 Å². The quantitative estimate of drug-likeness (QED) is 0.544. The van der Waals surface area contributed by atoms with Gasteiger partial charge in [0.25, 0.3) is 5.56 Å². The molecule has 0 atom stereocenters. The van der Waals surface area contributed by atoms with Gasteiger partial charge in [-0.05, 0) is 24.8 Å². The summed E-state index contributed by atoms with van der Waals surface area (Å²) < 4.78 is 0. The van der Waals surface area contributed by atoms with E-state index in [1.54, 1.807) is 0 Å². The van der Waals surface area contributed by atoms with Crippen LogP contribution in [-0.2, 0) is 11.2 Å². The highest BCUT2D eigenvalue weighted by atomic mass is 32.2. The molecule has 0 saturated carbocycles. The van der Waals surface area contributed by atoms with Gasteiger partial charge in [0.05, 0.1) is 5.75 Å². The summed E-state index contributed by atoms with van der Waals surface area (Å²) in [5.74, 6) is 0.0399. The number of nitrogens with zero attached hydrogens (tertiary/aromatic N) is 1. The first kappa shape index (κ1) is 17.2. The third-order valence-corrected chi connectivity index (χ3v) is 4.83. The number of nitrogens with one attached hydrogen (secondary N) is 2. The van der Waals surface area contributed by atoms with E-state index in [9.17, 15) is 9.59 Å². The molecule has 1 heterocycles. The van der Waals surface area contributed by atoms with Crippen molar-refractivity contribution in [1.29, 1.82) is 0 Å². The Kier molecular flexibility index (Phi) is 5.19. The third-order valence-electron chi connectivity index (χ3n) is 3.96. The second-order valence-electron chi connectivity index (χ2n) is 5.65. The number of anilines is 1. The number of H-pyrrole nitrogens is 1. The van der Waals surface area contributed by atoms with E-state index in [2.05, 4.69) is 15.3 Å². The molecule has 3 aromatic rings. The zero-order valence-electron chi connectivity index (χ0n) is 14.1. The van der Waals surface area contributed by atoms with Crippen LogP contribution in [0.25, 0.3) is 10.8 Å². The van der Waals surface area contributed by atoms with E-state index in [4.69, 9.17) is 0 Å². The van der Waals surface area contributed by atoms with Gasteiger partial charge >= 0.3 is 0 Å². The number of hydrogen-bond donors (Lipinski definition) is 2. The summed E-state index contributed by atoms with van der Waals surface area (Å²) >= 11 is 1.22. The van der Waals surface area contributed by atoms with Gasteiger partial charge in [-0.2, -0.15) is 0 Å². The maximum Gasteiger partial charge on any atom is 0.254 e. The van der Waals surface area contributed by atoms with Gasteiger partial charge in [0.15, 0.2) is 5.16 Å². The predicted octanol–water partition coefficient (Wildman–Crippen LogP) is 3.52. The topological polar surface area (TPSA) is 74.8 Å². The standard InChI is InChI=1S/C19H19N3O2S/c1-3-14-12(2)20-19(22-18(14)24)25-11-17(23)21-16-10-6-8-13-7-4-5-9-15(13)16/h4-10H,3,11H2,1-2H3,(H,21,23)(H,20,22,24). The van der Waals surface area contributed by atoms with Gasteiger partial charge in [-0.15, -0.1) is 0 Å². The fourth-order valence-corrected chi connectivity index (χ4v) is 3.43. The first-order valence-corrected chi connectivity index (χ1v) is 9.07. The van der Waals surface area contributed by atoms with Crippen LogP contribution in [0.5, 0.6) is 0 Å². The molecule has 3 rings (SSSR count). The zero-order chi connectivity index (χ0) is 17.8. The van der Waals surface area contributed by atoms with Crippen molar-refractivity contribution in [3.63, 3.8) is 0 Å². The molecule has 0 fully saturated rings. The van der Waals surface area contributed by atoms with Crippen LogP contribution in [0.2, 0.25) is 0 Å². The van der Waals surface area contributed by atoms with Crippen LogP contribution in [0.1, 0.15) is 18.2 Å². The van der Waals surface area contributed by atoms with E-state index in [-0.39, 0.29) is 17.2 Å². The summed E-state index contributed by atoms with van der Waals surface area (Å²) in [6, 6.07) is 13.7. The van der Waals surface area contributed by atoms with E-state index in [0.29, 0.717) is 22.8 Å². The minimum atomic E-state index is -0.138. The molecule has 0 aliphatic carbocycles. The number of carbonyl (C=O) groups is 1. The minimum absolute atomic E-state index is 0.132. The van der Waals surface area contributed by atoms with Crippen LogP contribution >= 0.6 is 11.8 Å². The summed E-state index contributed by atoms with van der Waals surface area (Å²) in [6.07, 6.45) is 0.640. The van der Waals surface area contributed by atoms with Crippen LogP contribution in [0.15, 0.2) is 52.4 Å². The van der Waals surface area contributed by atoms with Crippen molar-refractivity contribution in [3.8, 4) is 0 Å². The first-order valence-electron chi connectivity index (χ1n) is 8.08. The molecule has 1 aromatic heterocycles. The number of aryl methyl sites for hydroxylation is 1. The Morgan fingerprint density at radius 2 is 1.96 bits per heavy atom. The molecule has 2 aromatic carbocycles. The number of aromatic nitrogens is 2. The average Bonchev–Trinajstić information content (AvgIpc) is 2.60. The van der Waals surface area contributed by atoms with Crippen molar-refractivity contribution < 1.29 is 4.79 Å². The molecule has 0 bridgehead atoms. The highest BCUT2D eigenvalue weighted by molar-refractivity contribution is 7.99. The number of hydrogen-bond acceptors (Lipinski definition) is 4. The number of amides is 1. The van der Waals surface area contributed by atoms with Gasteiger partial charge in [-0.1, -0.05) is 55.1 Å². The molecule has 1 amide bonds. The summed E-state index contributed by atoms with van der Waals surface area (Å²) in [4.78, 5) is 31.3. The van der Waals surface area contributed by atoms with Crippen LogP contribution in [-0.4, -0.2) is 21.6 Å². The molecule has 0 saturated heterocycles. The predicted molar refractivity (Wildman–Crippen MR) is 102 cm³/mol. The van der Waals surface area contributed by atoms with Gasteiger partial charge in [-0.25, -0.2) is 4.98 Å². The van der Waals surface area contributed by atoms with E-state index < -0.39 is 0 Å². The van der Waals surface area contributed by atoms with Crippen molar-refractivity contribution in [2.45, 2.75) is 25.4 Å². The Labute approximate surface area is 149 Å². The first-order chi connectivity index (χ1) is 12.1. The Balaban J connectivity index is 1.70. The summed E-state index contributed by atoms with van der Waals surface area (Å²) in [6.45, 7) is 3.73. The Bertz CT molecular complexity index is 977. The van der Waals surface area contributed by atoms with Crippen LogP contribution in [0.3, 0.4) is 0 Å². The third kappa shape index (κ3) is 3.91. The Morgan fingerprint density at radius 3 is 2.72 bits per heavy atom. The number of thioether (sulfide) groups is 1. The van der Waals surface area contributed by atoms with Crippen LogP contribution in [0.4, 0.5) is 5.69 Å². The molecule has 0 unspecified atom stereocenters. The second kappa shape index (κ2) is 7.53. The van der Waals surface area contributed by atoms with E-state index in [1.807, 2.05) is 56.3 Å². The number of aromatic amines is 1. The van der Waals surface area contributed by atoms with Crippen molar-refractivity contribution >= 4 is 34.1 Å². The van der Waals surface area contributed by atoms with Crippen molar-refractivity contribution in [3.05, 3.63) is 64.1 Å². The lowest BCUT2D eigenvalue weighted by Gasteiger charge is -2.09. The summed E-state index contributed by atoms with van der Waals surface area (Å²) in [5.41, 5.74) is 2.04. The van der Waals surface area contributed by atoms with Crippen molar-refractivity contribution in [2.24, 2.45) is 0 Å². The maximum absolute atomic E-state index is 12.3. The molecule has 0 radical (unpaired) electrons. The molecule has 2 N–H and O–H groups in total. The fourth-order valence-electron chi connectivity index (χ4n) is 2.72. The normalized spacial score (nSPS) is 10.8. The lowest BCUT2D eigenvalue weighted by molar-refractivity contribution is -0.113. The SMILES string of the molecule is CCc1c(C)nc(SCC(=O)Nc2cccc3ccccc23)[nH]c1=O.